The summed E-state index contributed by atoms with van der Waals surface area (Å²) in [5, 5.41) is 6.10. The maximum absolute atomic E-state index is 12.8. The number of imidazole rings is 1. The van der Waals surface area contributed by atoms with E-state index < -0.39 is 0 Å². The first-order valence-electron chi connectivity index (χ1n) is 11.1. The van der Waals surface area contributed by atoms with E-state index in [4.69, 9.17) is 4.74 Å². The van der Waals surface area contributed by atoms with Gasteiger partial charge in [-0.2, -0.15) is 0 Å². The number of aryl methyl sites for hydroxylation is 1. The van der Waals surface area contributed by atoms with Crippen molar-refractivity contribution < 1.29 is 14.3 Å². The van der Waals surface area contributed by atoms with Crippen LogP contribution in [0.5, 0.6) is 5.75 Å². The monoisotopic (exact) mass is 486 g/mol. The Hall–Kier alpha value is -4.04. The van der Waals surface area contributed by atoms with Gasteiger partial charge >= 0.3 is 0 Å². The lowest BCUT2D eigenvalue weighted by Gasteiger charge is -2.14. The van der Waals surface area contributed by atoms with E-state index in [2.05, 4.69) is 21.7 Å². The van der Waals surface area contributed by atoms with Crippen LogP contribution in [0.2, 0.25) is 0 Å². The van der Waals surface area contributed by atoms with Gasteiger partial charge in [0.2, 0.25) is 5.91 Å². The van der Waals surface area contributed by atoms with E-state index in [-0.39, 0.29) is 17.1 Å². The van der Waals surface area contributed by atoms with E-state index >= 15 is 0 Å². The zero-order chi connectivity index (χ0) is 24.8. The second kappa shape index (κ2) is 10.9. The van der Waals surface area contributed by atoms with Gasteiger partial charge in [0.05, 0.1) is 18.0 Å². The van der Waals surface area contributed by atoms with E-state index in [1.54, 1.807) is 49.7 Å². The molecule has 0 aliphatic rings. The topological polar surface area (TPSA) is 85.2 Å². The lowest BCUT2D eigenvalue weighted by molar-refractivity contribution is -0.115. The number of methoxy groups -OCH3 is 1. The van der Waals surface area contributed by atoms with Gasteiger partial charge in [0.25, 0.3) is 5.91 Å². The minimum absolute atomic E-state index is 0.153. The van der Waals surface area contributed by atoms with E-state index in [0.29, 0.717) is 22.7 Å². The number of amides is 2. The molecule has 0 spiro atoms. The molecule has 7 nitrogen and oxygen atoms in total. The number of hydrogen-bond acceptors (Lipinski definition) is 5. The predicted molar refractivity (Wildman–Crippen MR) is 140 cm³/mol. The summed E-state index contributed by atoms with van der Waals surface area (Å²) in [6, 6.07) is 22.1. The number of carbonyl (C=O) groups excluding carboxylic acids is 2. The molecular weight excluding hydrogens is 460 g/mol. The van der Waals surface area contributed by atoms with Crippen LogP contribution in [-0.2, 0) is 4.79 Å². The fraction of sp³-hybridized carbons (Fsp3) is 0.148. The molecule has 0 fully saturated rings. The van der Waals surface area contributed by atoms with E-state index in [9.17, 15) is 9.59 Å². The Bertz CT molecular complexity index is 1330. The van der Waals surface area contributed by atoms with Crippen molar-refractivity contribution in [3.8, 4) is 11.4 Å². The van der Waals surface area contributed by atoms with Gasteiger partial charge in [0.15, 0.2) is 5.16 Å². The fourth-order valence-corrected chi connectivity index (χ4v) is 4.34. The minimum Gasteiger partial charge on any atom is -0.495 e. The summed E-state index contributed by atoms with van der Waals surface area (Å²) in [6.45, 7) is 3.88. The largest absolute Gasteiger partial charge is 0.495 e. The molecule has 0 aliphatic heterocycles. The van der Waals surface area contributed by atoms with E-state index in [1.165, 1.54) is 11.8 Å². The quantitative estimate of drug-likeness (QED) is 0.319. The summed E-state index contributed by atoms with van der Waals surface area (Å²) in [7, 11) is 1.55. The highest BCUT2D eigenvalue weighted by Gasteiger charge is 2.18. The Morgan fingerprint density at radius 1 is 1.00 bits per heavy atom. The highest BCUT2D eigenvalue weighted by molar-refractivity contribution is 8.00. The summed E-state index contributed by atoms with van der Waals surface area (Å²) in [5.41, 5.74) is 3.82. The minimum atomic E-state index is -0.380. The molecule has 2 amide bonds. The number of ether oxygens (including phenoxy) is 1. The van der Waals surface area contributed by atoms with Crippen molar-refractivity contribution in [2.24, 2.45) is 0 Å². The summed E-state index contributed by atoms with van der Waals surface area (Å²) >= 11 is 1.38. The zero-order valence-electron chi connectivity index (χ0n) is 19.7. The van der Waals surface area contributed by atoms with Gasteiger partial charge in [-0.25, -0.2) is 4.98 Å². The normalized spacial score (nSPS) is 11.5. The maximum Gasteiger partial charge on any atom is 0.255 e. The third-order valence-electron chi connectivity index (χ3n) is 5.31. The van der Waals surface area contributed by atoms with E-state index in [1.807, 2.05) is 54.9 Å². The number of anilines is 2. The van der Waals surface area contributed by atoms with Crippen LogP contribution in [0.4, 0.5) is 11.4 Å². The Kier molecular flexibility index (Phi) is 7.52. The van der Waals surface area contributed by atoms with Gasteiger partial charge in [0.1, 0.15) is 5.75 Å². The number of carbonyl (C=O) groups is 2. The van der Waals surface area contributed by atoms with Gasteiger partial charge in [0, 0.05) is 29.3 Å². The van der Waals surface area contributed by atoms with Gasteiger partial charge in [-0.1, -0.05) is 36.0 Å². The Balaban J connectivity index is 1.37. The number of para-hydroxylation sites is 2. The van der Waals surface area contributed by atoms with Crippen molar-refractivity contribution in [2.75, 3.05) is 17.7 Å². The number of nitrogens with one attached hydrogen (secondary N) is 2. The van der Waals surface area contributed by atoms with Crippen LogP contribution < -0.4 is 15.4 Å². The van der Waals surface area contributed by atoms with Crippen LogP contribution in [0.25, 0.3) is 5.69 Å². The third kappa shape index (κ3) is 5.91. The van der Waals surface area contributed by atoms with Crippen LogP contribution in [0, 0.1) is 6.92 Å². The molecule has 0 radical (unpaired) electrons. The zero-order valence-corrected chi connectivity index (χ0v) is 20.5. The van der Waals surface area contributed by atoms with Crippen molar-refractivity contribution in [3.05, 3.63) is 96.3 Å². The number of benzene rings is 3. The molecular formula is C27H26N4O3S. The SMILES string of the molecule is COc1ccccc1NC(=O)c1ccc(NC(=O)C(C)Sc2nccn2-c2cccc(C)c2)cc1. The molecule has 0 saturated carbocycles. The number of thioether (sulfide) groups is 1. The molecule has 0 aliphatic carbocycles. The van der Waals surface area contributed by atoms with Crippen LogP contribution in [0.1, 0.15) is 22.8 Å². The Morgan fingerprint density at radius 2 is 1.77 bits per heavy atom. The first-order chi connectivity index (χ1) is 16.9. The summed E-state index contributed by atoms with van der Waals surface area (Å²) < 4.78 is 7.24. The molecule has 4 aromatic rings. The fourth-order valence-electron chi connectivity index (χ4n) is 3.45. The van der Waals surface area contributed by atoms with Crippen LogP contribution in [0.3, 0.4) is 0 Å². The van der Waals surface area contributed by atoms with Crippen molar-refractivity contribution in [1.29, 1.82) is 0 Å². The highest BCUT2D eigenvalue weighted by Crippen LogP contribution is 2.26. The molecule has 2 N–H and O–H groups in total. The first kappa shape index (κ1) is 24.1. The first-order valence-corrected chi connectivity index (χ1v) is 11.9. The molecule has 1 atom stereocenters. The van der Waals surface area contributed by atoms with Crippen molar-refractivity contribution in [1.82, 2.24) is 9.55 Å². The van der Waals surface area contributed by atoms with Gasteiger partial charge in [-0.3, -0.25) is 14.2 Å². The van der Waals surface area contributed by atoms with Crippen molar-refractivity contribution >= 4 is 35.0 Å². The van der Waals surface area contributed by atoms with Gasteiger partial charge < -0.3 is 15.4 Å². The molecule has 1 heterocycles. The Labute approximate surface area is 208 Å². The number of hydrogen-bond donors (Lipinski definition) is 2. The van der Waals surface area contributed by atoms with Gasteiger partial charge in [-0.15, -0.1) is 0 Å². The molecule has 1 unspecified atom stereocenters. The smallest absolute Gasteiger partial charge is 0.255 e. The molecule has 0 saturated heterocycles. The summed E-state index contributed by atoms with van der Waals surface area (Å²) in [6.07, 6.45) is 3.61. The van der Waals surface area contributed by atoms with Crippen LogP contribution in [-0.4, -0.2) is 33.7 Å². The molecule has 8 heteroatoms. The maximum atomic E-state index is 12.8. The molecule has 0 bridgehead atoms. The number of rotatable bonds is 8. The average molecular weight is 487 g/mol. The molecule has 4 rings (SSSR count). The molecule has 35 heavy (non-hydrogen) atoms. The standard InChI is InChI=1S/C27H26N4O3S/c1-18-7-6-8-22(17-18)31-16-15-28-27(31)35-19(2)25(32)29-21-13-11-20(12-14-21)26(33)30-23-9-4-5-10-24(23)34-3/h4-17,19H,1-3H3,(H,29,32)(H,30,33). The number of nitrogens with zero attached hydrogens (tertiary/aromatic N) is 2. The second-order valence-corrected chi connectivity index (χ2v) is 9.21. The van der Waals surface area contributed by atoms with E-state index in [0.717, 1.165) is 16.4 Å². The lowest BCUT2D eigenvalue weighted by Crippen LogP contribution is -2.23. The third-order valence-corrected chi connectivity index (χ3v) is 6.39. The second-order valence-electron chi connectivity index (χ2n) is 7.90. The highest BCUT2D eigenvalue weighted by atomic mass is 32.2. The number of aromatic nitrogens is 2. The van der Waals surface area contributed by atoms with Crippen molar-refractivity contribution in [2.45, 2.75) is 24.3 Å². The molecule has 178 valence electrons. The molecule has 1 aromatic heterocycles. The lowest BCUT2D eigenvalue weighted by atomic mass is 10.2. The average Bonchev–Trinajstić information content (AvgIpc) is 3.33. The Morgan fingerprint density at radius 3 is 2.51 bits per heavy atom. The van der Waals surface area contributed by atoms with Gasteiger partial charge in [-0.05, 0) is 67.9 Å². The van der Waals surface area contributed by atoms with Crippen LogP contribution >= 0.6 is 11.8 Å². The molecule has 3 aromatic carbocycles. The summed E-state index contributed by atoms with van der Waals surface area (Å²) in [4.78, 5) is 29.8. The van der Waals surface area contributed by atoms with Crippen molar-refractivity contribution in [3.63, 3.8) is 0 Å². The predicted octanol–water partition coefficient (Wildman–Crippen LogP) is 5.56. The van der Waals surface area contributed by atoms with Crippen LogP contribution in [0.15, 0.2) is 90.3 Å². The summed E-state index contributed by atoms with van der Waals surface area (Å²) in [5.74, 6) is 0.165.